The van der Waals surface area contributed by atoms with Crippen LogP contribution in [-0.2, 0) is 6.42 Å². The highest BCUT2D eigenvalue weighted by Gasteiger charge is 2.10. The molecule has 0 saturated heterocycles. The summed E-state index contributed by atoms with van der Waals surface area (Å²) in [5.74, 6) is 0. The number of thiophene rings is 1. The van der Waals surface area contributed by atoms with Crippen LogP contribution in [0.1, 0.15) is 28.6 Å². The highest BCUT2D eigenvalue weighted by atomic mass is 32.1. The van der Waals surface area contributed by atoms with Crippen molar-refractivity contribution >= 4 is 11.3 Å². The highest BCUT2D eigenvalue weighted by Crippen LogP contribution is 2.19. The molecule has 2 aromatic rings. The lowest BCUT2D eigenvalue weighted by Gasteiger charge is -2.15. The third-order valence-electron chi connectivity index (χ3n) is 2.90. The largest absolute Gasteiger partial charge is 0.312 e. The van der Waals surface area contributed by atoms with Crippen molar-refractivity contribution in [2.75, 3.05) is 7.05 Å². The van der Waals surface area contributed by atoms with Gasteiger partial charge in [0.2, 0.25) is 0 Å². The van der Waals surface area contributed by atoms with Crippen molar-refractivity contribution in [3.63, 3.8) is 0 Å². The summed E-state index contributed by atoms with van der Waals surface area (Å²) >= 11 is 1.83. The average molecular weight is 246 g/mol. The maximum absolute atomic E-state index is 4.45. The van der Waals surface area contributed by atoms with E-state index in [1.807, 2.05) is 30.6 Å². The van der Waals surface area contributed by atoms with Crippen molar-refractivity contribution in [2.24, 2.45) is 0 Å². The molecule has 17 heavy (non-hydrogen) atoms. The normalized spacial score (nSPS) is 12.6. The van der Waals surface area contributed by atoms with Gasteiger partial charge >= 0.3 is 0 Å². The Morgan fingerprint density at radius 3 is 2.94 bits per heavy atom. The molecule has 0 bridgehead atoms. The van der Waals surface area contributed by atoms with Gasteiger partial charge in [0.15, 0.2) is 0 Å². The Hall–Kier alpha value is -1.19. The van der Waals surface area contributed by atoms with Crippen LogP contribution in [0.25, 0.3) is 0 Å². The van der Waals surface area contributed by atoms with E-state index in [4.69, 9.17) is 0 Å². The highest BCUT2D eigenvalue weighted by molar-refractivity contribution is 7.09. The Morgan fingerprint density at radius 1 is 1.41 bits per heavy atom. The molecule has 0 fully saturated rings. The second-order valence-electron chi connectivity index (χ2n) is 4.22. The number of rotatable bonds is 5. The van der Waals surface area contributed by atoms with Gasteiger partial charge in [-0.3, -0.25) is 4.98 Å². The van der Waals surface area contributed by atoms with Gasteiger partial charge in [-0.2, -0.15) is 0 Å². The van der Waals surface area contributed by atoms with E-state index in [1.54, 1.807) is 0 Å². The van der Waals surface area contributed by atoms with Crippen LogP contribution in [0.3, 0.4) is 0 Å². The fourth-order valence-electron chi connectivity index (χ4n) is 1.93. The van der Waals surface area contributed by atoms with Gasteiger partial charge in [0.25, 0.3) is 0 Å². The lowest BCUT2D eigenvalue weighted by molar-refractivity contribution is 0.537. The summed E-state index contributed by atoms with van der Waals surface area (Å²) in [4.78, 5) is 5.89. The molecular formula is C14H18N2S. The van der Waals surface area contributed by atoms with Gasteiger partial charge in [-0.05, 0) is 56.0 Å². The minimum absolute atomic E-state index is 0.344. The first-order valence-corrected chi connectivity index (χ1v) is 6.80. The van der Waals surface area contributed by atoms with Crippen LogP contribution in [0.2, 0.25) is 0 Å². The van der Waals surface area contributed by atoms with Gasteiger partial charge in [-0.15, -0.1) is 11.3 Å². The molecule has 1 N–H and O–H groups in total. The molecule has 2 heterocycles. The van der Waals surface area contributed by atoms with Crippen molar-refractivity contribution in [1.29, 1.82) is 0 Å². The second kappa shape index (κ2) is 5.94. The van der Waals surface area contributed by atoms with Gasteiger partial charge in [-0.1, -0.05) is 6.07 Å². The number of aryl methyl sites for hydroxylation is 2. The number of aromatic nitrogens is 1. The van der Waals surface area contributed by atoms with Crippen LogP contribution < -0.4 is 5.32 Å². The van der Waals surface area contributed by atoms with Crippen molar-refractivity contribution < 1.29 is 0 Å². The first-order chi connectivity index (χ1) is 8.29. The lowest BCUT2D eigenvalue weighted by Crippen LogP contribution is -2.18. The van der Waals surface area contributed by atoms with Crippen LogP contribution in [-0.4, -0.2) is 12.0 Å². The van der Waals surface area contributed by atoms with Gasteiger partial charge in [-0.25, -0.2) is 0 Å². The monoisotopic (exact) mass is 246 g/mol. The first kappa shape index (κ1) is 12.3. The third-order valence-corrected chi connectivity index (χ3v) is 3.84. The Labute approximate surface area is 107 Å². The molecule has 0 amide bonds. The molecule has 0 aliphatic rings. The molecule has 0 saturated carbocycles. The summed E-state index contributed by atoms with van der Waals surface area (Å²) in [6.45, 7) is 2.11. The SMILES string of the molecule is CNC(CCc1cccs1)c1cc(C)ccn1. The zero-order valence-corrected chi connectivity index (χ0v) is 11.1. The van der Waals surface area contributed by atoms with E-state index in [1.165, 1.54) is 10.4 Å². The summed E-state index contributed by atoms with van der Waals surface area (Å²) in [5.41, 5.74) is 2.41. The zero-order chi connectivity index (χ0) is 12.1. The fourth-order valence-corrected chi connectivity index (χ4v) is 2.66. The van der Waals surface area contributed by atoms with E-state index in [-0.39, 0.29) is 0 Å². The predicted molar refractivity (Wildman–Crippen MR) is 73.4 cm³/mol. The molecule has 2 rings (SSSR count). The van der Waals surface area contributed by atoms with E-state index < -0.39 is 0 Å². The second-order valence-corrected chi connectivity index (χ2v) is 5.25. The van der Waals surface area contributed by atoms with Gasteiger partial charge < -0.3 is 5.32 Å². The quantitative estimate of drug-likeness (QED) is 0.875. The van der Waals surface area contributed by atoms with E-state index in [0.717, 1.165) is 18.5 Å². The summed E-state index contributed by atoms with van der Waals surface area (Å²) in [6, 6.07) is 8.85. The van der Waals surface area contributed by atoms with Crippen molar-refractivity contribution in [3.05, 3.63) is 52.0 Å². The molecule has 2 aromatic heterocycles. The zero-order valence-electron chi connectivity index (χ0n) is 10.3. The molecule has 0 spiro atoms. The van der Waals surface area contributed by atoms with Crippen LogP contribution in [0.5, 0.6) is 0 Å². The van der Waals surface area contributed by atoms with Crippen LogP contribution >= 0.6 is 11.3 Å². The molecule has 0 aliphatic carbocycles. The smallest absolute Gasteiger partial charge is 0.0575 e. The minimum Gasteiger partial charge on any atom is -0.312 e. The molecule has 90 valence electrons. The standard InChI is InChI=1S/C14H18N2S/c1-11-7-8-16-14(10-11)13(15-2)6-5-12-4-3-9-17-12/h3-4,7-10,13,15H,5-6H2,1-2H3. The molecule has 0 aliphatic heterocycles. The summed E-state index contributed by atoms with van der Waals surface area (Å²) in [7, 11) is 2.00. The molecular weight excluding hydrogens is 228 g/mol. The van der Waals surface area contributed by atoms with E-state index >= 15 is 0 Å². The maximum Gasteiger partial charge on any atom is 0.0575 e. The van der Waals surface area contributed by atoms with Crippen LogP contribution in [0.4, 0.5) is 0 Å². The molecule has 1 atom stereocenters. The molecule has 1 unspecified atom stereocenters. The van der Waals surface area contributed by atoms with Crippen molar-refractivity contribution in [3.8, 4) is 0 Å². The van der Waals surface area contributed by atoms with E-state index in [2.05, 4.69) is 40.8 Å². The Bertz CT molecular complexity index is 451. The van der Waals surface area contributed by atoms with Crippen molar-refractivity contribution in [1.82, 2.24) is 10.3 Å². The molecule has 2 nitrogen and oxygen atoms in total. The predicted octanol–water partition coefficient (Wildman–Crippen LogP) is 3.34. The van der Waals surface area contributed by atoms with Crippen molar-refractivity contribution in [2.45, 2.75) is 25.8 Å². The number of nitrogens with zero attached hydrogens (tertiary/aromatic N) is 1. The molecule has 3 heteroatoms. The Balaban J connectivity index is 2.01. The third kappa shape index (κ3) is 3.38. The summed E-state index contributed by atoms with van der Waals surface area (Å²) in [5, 5.41) is 5.48. The van der Waals surface area contributed by atoms with E-state index in [9.17, 15) is 0 Å². The lowest BCUT2D eigenvalue weighted by atomic mass is 10.1. The Kier molecular flexibility index (Phi) is 4.29. The van der Waals surface area contributed by atoms with Gasteiger partial charge in [0.1, 0.15) is 0 Å². The number of hydrogen-bond acceptors (Lipinski definition) is 3. The topological polar surface area (TPSA) is 24.9 Å². The van der Waals surface area contributed by atoms with Gasteiger partial charge in [0, 0.05) is 17.1 Å². The number of pyridine rings is 1. The maximum atomic E-state index is 4.45. The summed E-state index contributed by atoms with van der Waals surface area (Å²) in [6.07, 6.45) is 4.09. The average Bonchev–Trinajstić information content (AvgIpc) is 2.83. The van der Waals surface area contributed by atoms with Gasteiger partial charge in [0.05, 0.1) is 5.69 Å². The Morgan fingerprint density at radius 2 is 2.29 bits per heavy atom. The molecule has 0 radical (unpaired) electrons. The van der Waals surface area contributed by atoms with Crippen LogP contribution in [0.15, 0.2) is 35.8 Å². The first-order valence-electron chi connectivity index (χ1n) is 5.92. The summed E-state index contributed by atoms with van der Waals surface area (Å²) < 4.78 is 0. The van der Waals surface area contributed by atoms with E-state index in [0.29, 0.717) is 6.04 Å². The fraction of sp³-hybridized carbons (Fsp3) is 0.357. The number of hydrogen-bond donors (Lipinski definition) is 1. The number of nitrogens with one attached hydrogen (secondary N) is 1. The van der Waals surface area contributed by atoms with Crippen LogP contribution in [0, 0.1) is 6.92 Å². The molecule has 0 aromatic carbocycles. The minimum atomic E-state index is 0.344.